The number of rotatable bonds is 9. The lowest BCUT2D eigenvalue weighted by atomic mass is 10.1. The molecule has 0 spiro atoms. The molecule has 0 bridgehead atoms. The van der Waals surface area contributed by atoms with E-state index < -0.39 is 0 Å². The molecule has 116 valence electrons. The average molecular weight is 289 g/mol. The molecule has 0 N–H and O–H groups in total. The maximum absolute atomic E-state index is 12.2. The van der Waals surface area contributed by atoms with Crippen LogP contribution in [0, 0.1) is 0 Å². The molecule has 0 saturated heterocycles. The van der Waals surface area contributed by atoms with Crippen LogP contribution in [0.2, 0.25) is 0 Å². The molecule has 4 heteroatoms. The number of carbonyl (C=O) groups excluding carboxylic acids is 1. The van der Waals surface area contributed by atoms with Gasteiger partial charge in [0.2, 0.25) is 5.91 Å². The van der Waals surface area contributed by atoms with E-state index in [9.17, 15) is 4.79 Å². The number of pyridine rings is 1. The Bertz CT molecular complexity index is 457. The molecule has 0 aliphatic heterocycles. The first kappa shape index (κ1) is 17.4. The number of hydrogen-bond acceptors (Lipinski definition) is 3. The van der Waals surface area contributed by atoms with Crippen LogP contribution in [0.1, 0.15) is 31.0 Å². The van der Waals surface area contributed by atoms with Crippen LogP contribution in [0.15, 0.2) is 24.9 Å². The molecule has 21 heavy (non-hydrogen) atoms. The number of aryl methyl sites for hydroxylation is 1. The third kappa shape index (κ3) is 6.54. The highest BCUT2D eigenvalue weighted by Crippen LogP contribution is 2.08. The van der Waals surface area contributed by atoms with Crippen molar-refractivity contribution >= 4 is 12.0 Å². The normalized spacial score (nSPS) is 10.7. The van der Waals surface area contributed by atoms with E-state index >= 15 is 0 Å². The Balaban J connectivity index is 2.39. The van der Waals surface area contributed by atoms with Gasteiger partial charge in [-0.1, -0.05) is 12.7 Å². The lowest BCUT2D eigenvalue weighted by Crippen LogP contribution is -2.36. The van der Waals surface area contributed by atoms with Gasteiger partial charge in [0.05, 0.1) is 0 Å². The molecule has 4 nitrogen and oxygen atoms in total. The molecule has 0 fully saturated rings. The second kappa shape index (κ2) is 9.29. The Morgan fingerprint density at radius 3 is 2.76 bits per heavy atom. The highest BCUT2D eigenvalue weighted by molar-refractivity contribution is 5.76. The number of aromatic nitrogens is 1. The van der Waals surface area contributed by atoms with Gasteiger partial charge < -0.3 is 9.80 Å². The molecule has 0 saturated carbocycles. The van der Waals surface area contributed by atoms with Crippen molar-refractivity contribution in [2.45, 2.75) is 26.2 Å². The minimum absolute atomic E-state index is 0.235. The van der Waals surface area contributed by atoms with Crippen LogP contribution in [0.5, 0.6) is 0 Å². The van der Waals surface area contributed by atoms with Crippen molar-refractivity contribution in [2.24, 2.45) is 0 Å². The minimum atomic E-state index is 0.235. The topological polar surface area (TPSA) is 36.4 Å². The fourth-order valence-electron chi connectivity index (χ4n) is 2.12. The van der Waals surface area contributed by atoms with Crippen molar-refractivity contribution in [3.63, 3.8) is 0 Å². The predicted molar refractivity (Wildman–Crippen MR) is 88.1 cm³/mol. The molecule has 1 aromatic heterocycles. The summed E-state index contributed by atoms with van der Waals surface area (Å²) in [5, 5.41) is 0. The summed E-state index contributed by atoms with van der Waals surface area (Å²) in [5.74, 6) is 0.235. The molecule has 0 aliphatic rings. The Hall–Kier alpha value is -1.68. The molecule has 0 atom stereocenters. The van der Waals surface area contributed by atoms with Gasteiger partial charge in [-0.3, -0.25) is 9.78 Å². The van der Waals surface area contributed by atoms with Gasteiger partial charge in [-0.05, 0) is 51.6 Å². The zero-order chi connectivity index (χ0) is 15.7. The monoisotopic (exact) mass is 289 g/mol. The number of likely N-dealkylation sites (N-methyl/N-ethyl adjacent to an activating group) is 2. The first-order chi connectivity index (χ1) is 10.1. The SMILES string of the molecule is C=Cc1ccnc(CCCC(=O)N(CC)CCN(C)C)c1. The lowest BCUT2D eigenvalue weighted by molar-refractivity contribution is -0.131. The van der Waals surface area contributed by atoms with Gasteiger partial charge in [0.25, 0.3) is 0 Å². The van der Waals surface area contributed by atoms with Crippen LogP contribution < -0.4 is 0 Å². The summed E-state index contributed by atoms with van der Waals surface area (Å²) in [6.45, 7) is 8.27. The first-order valence-corrected chi connectivity index (χ1v) is 7.56. The van der Waals surface area contributed by atoms with Gasteiger partial charge in [-0.25, -0.2) is 0 Å². The van der Waals surface area contributed by atoms with Gasteiger partial charge in [0.1, 0.15) is 0 Å². The van der Waals surface area contributed by atoms with Gasteiger partial charge in [0, 0.05) is 37.9 Å². The van der Waals surface area contributed by atoms with Crippen LogP contribution in [0.4, 0.5) is 0 Å². The summed E-state index contributed by atoms with van der Waals surface area (Å²) >= 11 is 0. The molecule has 0 aliphatic carbocycles. The summed E-state index contributed by atoms with van der Waals surface area (Å²) in [6, 6.07) is 3.96. The van der Waals surface area contributed by atoms with E-state index in [1.165, 1.54) is 0 Å². The molecular formula is C17H27N3O. The molecule has 0 unspecified atom stereocenters. The number of carbonyl (C=O) groups is 1. The maximum atomic E-state index is 12.2. The quantitative estimate of drug-likeness (QED) is 0.700. The predicted octanol–water partition coefficient (Wildman–Crippen LogP) is 2.46. The molecule has 1 aromatic rings. The van der Waals surface area contributed by atoms with E-state index in [1.54, 1.807) is 6.20 Å². The summed E-state index contributed by atoms with van der Waals surface area (Å²) in [6.07, 6.45) is 5.87. The van der Waals surface area contributed by atoms with Crippen molar-refractivity contribution < 1.29 is 4.79 Å². The van der Waals surface area contributed by atoms with Crippen LogP contribution in [0.25, 0.3) is 6.08 Å². The van der Waals surface area contributed by atoms with E-state index in [1.807, 2.05) is 44.1 Å². The van der Waals surface area contributed by atoms with E-state index in [-0.39, 0.29) is 5.91 Å². The molecule has 0 aromatic carbocycles. The number of nitrogens with zero attached hydrogens (tertiary/aromatic N) is 3. The van der Waals surface area contributed by atoms with Crippen LogP contribution in [0.3, 0.4) is 0 Å². The van der Waals surface area contributed by atoms with E-state index in [0.717, 1.165) is 43.7 Å². The zero-order valence-corrected chi connectivity index (χ0v) is 13.5. The van der Waals surface area contributed by atoms with Crippen molar-refractivity contribution in [3.05, 3.63) is 36.2 Å². The second-order valence-electron chi connectivity index (χ2n) is 5.41. The maximum Gasteiger partial charge on any atom is 0.222 e. The summed E-state index contributed by atoms with van der Waals surface area (Å²) in [7, 11) is 4.05. The Kier molecular flexibility index (Phi) is 7.69. The Morgan fingerprint density at radius 2 is 2.14 bits per heavy atom. The van der Waals surface area contributed by atoms with Gasteiger partial charge in [-0.2, -0.15) is 0 Å². The largest absolute Gasteiger partial charge is 0.342 e. The second-order valence-corrected chi connectivity index (χ2v) is 5.41. The summed E-state index contributed by atoms with van der Waals surface area (Å²) < 4.78 is 0. The molecule has 1 rings (SSSR count). The van der Waals surface area contributed by atoms with Crippen molar-refractivity contribution in [3.8, 4) is 0 Å². The molecular weight excluding hydrogens is 262 g/mol. The zero-order valence-electron chi connectivity index (χ0n) is 13.5. The van der Waals surface area contributed by atoms with E-state index in [0.29, 0.717) is 6.42 Å². The third-order valence-corrected chi connectivity index (χ3v) is 3.45. The number of amides is 1. The van der Waals surface area contributed by atoms with Crippen molar-refractivity contribution in [2.75, 3.05) is 33.7 Å². The van der Waals surface area contributed by atoms with E-state index in [4.69, 9.17) is 0 Å². The van der Waals surface area contributed by atoms with Crippen LogP contribution in [-0.4, -0.2) is 54.4 Å². The van der Waals surface area contributed by atoms with Crippen LogP contribution in [-0.2, 0) is 11.2 Å². The van der Waals surface area contributed by atoms with Crippen molar-refractivity contribution in [1.82, 2.24) is 14.8 Å². The summed E-state index contributed by atoms with van der Waals surface area (Å²) in [5.41, 5.74) is 2.10. The molecule has 1 heterocycles. The molecule has 0 radical (unpaired) electrons. The summed E-state index contributed by atoms with van der Waals surface area (Å²) in [4.78, 5) is 20.5. The highest BCUT2D eigenvalue weighted by Gasteiger charge is 2.11. The number of hydrogen-bond donors (Lipinski definition) is 0. The van der Waals surface area contributed by atoms with Gasteiger partial charge in [0.15, 0.2) is 0 Å². The molecule has 1 amide bonds. The van der Waals surface area contributed by atoms with Gasteiger partial charge in [-0.15, -0.1) is 0 Å². The first-order valence-electron chi connectivity index (χ1n) is 7.56. The van der Waals surface area contributed by atoms with Crippen molar-refractivity contribution in [1.29, 1.82) is 0 Å². The third-order valence-electron chi connectivity index (χ3n) is 3.45. The van der Waals surface area contributed by atoms with Gasteiger partial charge >= 0.3 is 0 Å². The van der Waals surface area contributed by atoms with Crippen LogP contribution >= 0.6 is 0 Å². The highest BCUT2D eigenvalue weighted by atomic mass is 16.2. The smallest absolute Gasteiger partial charge is 0.222 e. The lowest BCUT2D eigenvalue weighted by Gasteiger charge is -2.22. The average Bonchev–Trinajstić information content (AvgIpc) is 2.48. The standard InChI is InChI=1S/C17H27N3O/c1-5-15-10-11-18-16(14-15)8-7-9-17(21)20(6-2)13-12-19(3)4/h5,10-11,14H,1,6-9,12-13H2,2-4H3. The van der Waals surface area contributed by atoms with E-state index in [2.05, 4.69) is 16.5 Å². The minimum Gasteiger partial charge on any atom is -0.342 e. The Morgan fingerprint density at radius 1 is 1.38 bits per heavy atom. The fraction of sp³-hybridized carbons (Fsp3) is 0.529. The Labute approximate surface area is 128 Å². The fourth-order valence-corrected chi connectivity index (χ4v) is 2.12.